The van der Waals surface area contributed by atoms with Crippen molar-refractivity contribution in [3.8, 4) is 0 Å². The number of anilines is 2. The van der Waals surface area contributed by atoms with Crippen LogP contribution < -0.4 is 10.2 Å². The van der Waals surface area contributed by atoms with Crippen LogP contribution in [0.4, 0.5) is 11.6 Å². The van der Waals surface area contributed by atoms with Gasteiger partial charge >= 0.3 is 0 Å². The molecule has 1 N–H and O–H groups in total. The molecule has 0 atom stereocenters. The van der Waals surface area contributed by atoms with Crippen molar-refractivity contribution in [2.75, 3.05) is 43.4 Å². The second-order valence-corrected chi connectivity index (χ2v) is 6.88. The predicted octanol–water partition coefficient (Wildman–Crippen LogP) is 3.10. The highest BCUT2D eigenvalue weighted by Crippen LogP contribution is 2.25. The van der Waals surface area contributed by atoms with Gasteiger partial charge in [-0.05, 0) is 38.2 Å². The highest BCUT2D eigenvalue weighted by molar-refractivity contribution is 6.42. The van der Waals surface area contributed by atoms with E-state index in [0.29, 0.717) is 27.4 Å². The van der Waals surface area contributed by atoms with Gasteiger partial charge in [-0.2, -0.15) is 0 Å². The van der Waals surface area contributed by atoms with Crippen LogP contribution in [0, 0.1) is 6.92 Å². The van der Waals surface area contributed by atoms with Gasteiger partial charge in [0.25, 0.3) is 5.91 Å². The third-order valence-electron chi connectivity index (χ3n) is 4.04. The second kappa shape index (κ2) is 7.56. The van der Waals surface area contributed by atoms with E-state index < -0.39 is 0 Å². The lowest BCUT2D eigenvalue weighted by atomic mass is 10.2. The topological polar surface area (TPSA) is 61.4 Å². The van der Waals surface area contributed by atoms with E-state index in [1.165, 1.54) is 0 Å². The van der Waals surface area contributed by atoms with E-state index in [2.05, 4.69) is 32.1 Å². The molecule has 1 amide bonds. The molecular formula is C17H19Cl2N5O. The Morgan fingerprint density at radius 1 is 1.08 bits per heavy atom. The first-order chi connectivity index (χ1) is 11.9. The Bertz CT molecular complexity index is 791. The van der Waals surface area contributed by atoms with Crippen LogP contribution in [0.25, 0.3) is 0 Å². The van der Waals surface area contributed by atoms with Crippen LogP contribution in [-0.4, -0.2) is 54.0 Å². The number of piperazine rings is 1. The van der Waals surface area contributed by atoms with Gasteiger partial charge < -0.3 is 15.1 Å². The standard InChI is InChI=1S/C17H19Cl2N5O/c1-11-9-15(16(25)21-12-3-4-13(18)14(19)10-12)22-17(20-11)24-7-5-23(2)6-8-24/h3-4,9-10H,5-8H2,1-2H3,(H,21,25). The van der Waals surface area contributed by atoms with Gasteiger partial charge in [-0.25, -0.2) is 9.97 Å². The lowest BCUT2D eigenvalue weighted by Gasteiger charge is -2.32. The van der Waals surface area contributed by atoms with Crippen LogP contribution in [0.5, 0.6) is 0 Å². The number of carbonyl (C=O) groups is 1. The fourth-order valence-corrected chi connectivity index (χ4v) is 2.88. The summed E-state index contributed by atoms with van der Waals surface area (Å²) in [5.41, 5.74) is 1.65. The second-order valence-electron chi connectivity index (χ2n) is 6.07. The summed E-state index contributed by atoms with van der Waals surface area (Å²) < 4.78 is 0. The fraction of sp³-hybridized carbons (Fsp3) is 0.353. The number of carbonyl (C=O) groups excluding carboxylic acids is 1. The average Bonchev–Trinajstić information content (AvgIpc) is 2.58. The van der Waals surface area contributed by atoms with E-state index >= 15 is 0 Å². The summed E-state index contributed by atoms with van der Waals surface area (Å²) >= 11 is 11.9. The van der Waals surface area contributed by atoms with E-state index in [0.717, 1.165) is 31.9 Å². The normalized spacial score (nSPS) is 15.3. The summed E-state index contributed by atoms with van der Waals surface area (Å²) in [5, 5.41) is 3.62. The van der Waals surface area contributed by atoms with E-state index in [1.807, 2.05) is 6.92 Å². The number of rotatable bonds is 3. The van der Waals surface area contributed by atoms with Gasteiger partial charge in [-0.3, -0.25) is 4.79 Å². The first-order valence-corrected chi connectivity index (χ1v) is 8.73. The van der Waals surface area contributed by atoms with Crippen LogP contribution in [0.3, 0.4) is 0 Å². The molecule has 0 saturated carbocycles. The molecule has 2 heterocycles. The monoisotopic (exact) mass is 379 g/mol. The maximum absolute atomic E-state index is 12.5. The van der Waals surface area contributed by atoms with Crippen molar-refractivity contribution >= 4 is 40.7 Å². The quantitative estimate of drug-likeness (QED) is 0.887. The van der Waals surface area contributed by atoms with Crippen LogP contribution >= 0.6 is 23.2 Å². The van der Waals surface area contributed by atoms with Crippen molar-refractivity contribution in [1.82, 2.24) is 14.9 Å². The van der Waals surface area contributed by atoms with E-state index in [-0.39, 0.29) is 5.91 Å². The Morgan fingerprint density at radius 2 is 1.80 bits per heavy atom. The zero-order chi connectivity index (χ0) is 18.0. The van der Waals surface area contributed by atoms with Gasteiger partial charge in [-0.15, -0.1) is 0 Å². The Labute approximate surface area is 156 Å². The van der Waals surface area contributed by atoms with Gasteiger partial charge in [0, 0.05) is 37.6 Å². The summed E-state index contributed by atoms with van der Waals surface area (Å²) in [4.78, 5) is 25.8. The van der Waals surface area contributed by atoms with Gasteiger partial charge in [0.1, 0.15) is 5.69 Å². The minimum absolute atomic E-state index is 0.306. The summed E-state index contributed by atoms with van der Waals surface area (Å²) in [6.45, 7) is 5.43. The molecule has 8 heteroatoms. The zero-order valence-electron chi connectivity index (χ0n) is 14.1. The molecule has 0 unspecified atom stereocenters. The molecule has 1 aromatic heterocycles. The largest absolute Gasteiger partial charge is 0.338 e. The molecule has 0 spiro atoms. The molecule has 132 valence electrons. The fourth-order valence-electron chi connectivity index (χ4n) is 2.59. The maximum Gasteiger partial charge on any atom is 0.274 e. The minimum Gasteiger partial charge on any atom is -0.338 e. The molecule has 0 bridgehead atoms. The third kappa shape index (κ3) is 4.39. The number of hydrogen-bond acceptors (Lipinski definition) is 5. The van der Waals surface area contributed by atoms with Crippen molar-refractivity contribution in [1.29, 1.82) is 0 Å². The molecule has 1 aliphatic heterocycles. The van der Waals surface area contributed by atoms with Crippen molar-refractivity contribution in [2.45, 2.75) is 6.92 Å². The maximum atomic E-state index is 12.5. The van der Waals surface area contributed by atoms with E-state index in [1.54, 1.807) is 24.3 Å². The number of benzene rings is 1. The van der Waals surface area contributed by atoms with Crippen molar-refractivity contribution < 1.29 is 4.79 Å². The van der Waals surface area contributed by atoms with Gasteiger partial charge in [0.05, 0.1) is 10.0 Å². The SMILES string of the molecule is Cc1cc(C(=O)Nc2ccc(Cl)c(Cl)c2)nc(N2CCN(C)CC2)n1. The van der Waals surface area contributed by atoms with E-state index in [4.69, 9.17) is 23.2 Å². The highest BCUT2D eigenvalue weighted by atomic mass is 35.5. The van der Waals surface area contributed by atoms with Gasteiger partial charge in [-0.1, -0.05) is 23.2 Å². The number of aromatic nitrogens is 2. The number of likely N-dealkylation sites (N-methyl/N-ethyl adjacent to an activating group) is 1. The van der Waals surface area contributed by atoms with Crippen LogP contribution in [0.2, 0.25) is 10.0 Å². The average molecular weight is 380 g/mol. The first-order valence-electron chi connectivity index (χ1n) is 7.98. The summed E-state index contributed by atoms with van der Waals surface area (Å²) in [6, 6.07) is 6.62. The van der Waals surface area contributed by atoms with Crippen molar-refractivity contribution in [3.63, 3.8) is 0 Å². The van der Waals surface area contributed by atoms with Crippen LogP contribution in [-0.2, 0) is 0 Å². The third-order valence-corrected chi connectivity index (χ3v) is 4.78. The number of aryl methyl sites for hydroxylation is 1. The Kier molecular flexibility index (Phi) is 5.42. The molecule has 6 nitrogen and oxygen atoms in total. The van der Waals surface area contributed by atoms with Crippen LogP contribution in [0.1, 0.15) is 16.2 Å². The minimum atomic E-state index is -0.306. The lowest BCUT2D eigenvalue weighted by molar-refractivity contribution is 0.102. The Morgan fingerprint density at radius 3 is 2.48 bits per heavy atom. The molecule has 0 aliphatic carbocycles. The Balaban J connectivity index is 1.79. The number of halogens is 2. The molecule has 2 aromatic rings. The van der Waals surface area contributed by atoms with Crippen LogP contribution in [0.15, 0.2) is 24.3 Å². The molecule has 0 radical (unpaired) electrons. The predicted molar refractivity (Wildman–Crippen MR) is 101 cm³/mol. The molecular weight excluding hydrogens is 361 g/mol. The number of nitrogens with one attached hydrogen (secondary N) is 1. The first kappa shape index (κ1) is 17.9. The highest BCUT2D eigenvalue weighted by Gasteiger charge is 2.19. The van der Waals surface area contributed by atoms with Crippen molar-refractivity contribution in [2.24, 2.45) is 0 Å². The number of hydrogen-bond donors (Lipinski definition) is 1. The molecule has 1 aromatic carbocycles. The number of amides is 1. The zero-order valence-corrected chi connectivity index (χ0v) is 15.6. The lowest BCUT2D eigenvalue weighted by Crippen LogP contribution is -2.45. The Hall–Kier alpha value is -1.89. The van der Waals surface area contributed by atoms with Gasteiger partial charge in [0.15, 0.2) is 0 Å². The smallest absolute Gasteiger partial charge is 0.274 e. The summed E-state index contributed by atoms with van der Waals surface area (Å²) in [5.74, 6) is 0.284. The summed E-state index contributed by atoms with van der Waals surface area (Å²) in [6.07, 6.45) is 0. The van der Waals surface area contributed by atoms with Crippen molar-refractivity contribution in [3.05, 3.63) is 45.7 Å². The summed E-state index contributed by atoms with van der Waals surface area (Å²) in [7, 11) is 2.09. The molecule has 1 saturated heterocycles. The molecule has 25 heavy (non-hydrogen) atoms. The van der Waals surface area contributed by atoms with Gasteiger partial charge in [0.2, 0.25) is 5.95 Å². The van der Waals surface area contributed by atoms with E-state index in [9.17, 15) is 4.79 Å². The molecule has 1 fully saturated rings. The number of nitrogens with zero attached hydrogens (tertiary/aromatic N) is 4. The molecule has 3 rings (SSSR count). The molecule has 1 aliphatic rings.